The number of hydrogen-bond acceptors (Lipinski definition) is 3. The molecule has 6 heteroatoms. The van der Waals surface area contributed by atoms with Gasteiger partial charge < -0.3 is 10.3 Å². The van der Waals surface area contributed by atoms with Gasteiger partial charge in [0.05, 0.1) is 11.4 Å². The molecule has 4 aromatic rings. The first-order chi connectivity index (χ1) is 13.5. The average molecular weight is 376 g/mol. The Labute approximate surface area is 161 Å². The second-order valence-electron chi connectivity index (χ2n) is 6.95. The second kappa shape index (κ2) is 7.40. The van der Waals surface area contributed by atoms with E-state index in [1.54, 1.807) is 16.8 Å². The molecule has 0 saturated carbocycles. The molecule has 0 aliphatic heterocycles. The van der Waals surface area contributed by atoms with E-state index in [2.05, 4.69) is 46.6 Å². The number of benzene rings is 2. The number of nitrogens with zero attached hydrogens (tertiary/aromatic N) is 2. The van der Waals surface area contributed by atoms with Gasteiger partial charge in [-0.1, -0.05) is 29.8 Å². The van der Waals surface area contributed by atoms with Crippen molar-refractivity contribution in [2.24, 2.45) is 0 Å². The highest BCUT2D eigenvalue weighted by Gasteiger charge is 2.13. The van der Waals surface area contributed by atoms with Gasteiger partial charge in [-0.15, -0.1) is 0 Å². The fourth-order valence-corrected chi connectivity index (χ4v) is 3.21. The number of fused-ring (bicyclic) bond motifs is 1. The molecule has 0 saturated heterocycles. The Hall–Kier alpha value is -3.25. The molecular weight excluding hydrogens is 355 g/mol. The van der Waals surface area contributed by atoms with E-state index >= 15 is 0 Å². The molecule has 2 heterocycles. The van der Waals surface area contributed by atoms with E-state index < -0.39 is 0 Å². The fraction of sp³-hybridized carbons (Fsp3) is 0.182. The van der Waals surface area contributed by atoms with E-state index in [-0.39, 0.29) is 11.4 Å². The van der Waals surface area contributed by atoms with Crippen molar-refractivity contribution in [2.45, 2.75) is 26.9 Å². The van der Waals surface area contributed by atoms with Crippen LogP contribution in [0.3, 0.4) is 0 Å². The van der Waals surface area contributed by atoms with Gasteiger partial charge in [-0.3, -0.25) is 4.79 Å². The number of halogens is 1. The van der Waals surface area contributed by atoms with E-state index in [4.69, 9.17) is 0 Å². The maximum atomic E-state index is 13.2. The van der Waals surface area contributed by atoms with Crippen LogP contribution < -0.4 is 10.9 Å². The smallest absolute Gasteiger partial charge is 0.254 e. The quantitative estimate of drug-likeness (QED) is 0.557. The van der Waals surface area contributed by atoms with E-state index in [1.165, 1.54) is 23.3 Å². The van der Waals surface area contributed by atoms with Gasteiger partial charge in [-0.2, -0.15) is 5.10 Å². The number of aromatic amines is 1. The van der Waals surface area contributed by atoms with Crippen molar-refractivity contribution in [3.05, 3.63) is 93.2 Å². The van der Waals surface area contributed by atoms with E-state index in [1.807, 2.05) is 13.0 Å². The fourth-order valence-electron chi connectivity index (χ4n) is 3.21. The first-order valence-electron chi connectivity index (χ1n) is 9.15. The number of H-pyrrole nitrogens is 1. The topological polar surface area (TPSA) is 62.7 Å². The third-order valence-corrected chi connectivity index (χ3v) is 4.79. The van der Waals surface area contributed by atoms with Crippen LogP contribution in [0, 0.1) is 19.7 Å². The van der Waals surface area contributed by atoms with Gasteiger partial charge in [-0.25, -0.2) is 9.07 Å². The molecule has 0 aliphatic carbocycles. The van der Waals surface area contributed by atoms with E-state index in [0.717, 1.165) is 11.1 Å². The van der Waals surface area contributed by atoms with Gasteiger partial charge in [0.2, 0.25) is 0 Å². The minimum atomic E-state index is -0.313. The highest BCUT2D eigenvalue weighted by Crippen LogP contribution is 2.20. The van der Waals surface area contributed by atoms with E-state index in [9.17, 15) is 9.18 Å². The zero-order valence-electron chi connectivity index (χ0n) is 15.8. The van der Waals surface area contributed by atoms with Crippen molar-refractivity contribution in [3.63, 3.8) is 0 Å². The van der Waals surface area contributed by atoms with Gasteiger partial charge in [-0.05, 0) is 49.7 Å². The molecule has 28 heavy (non-hydrogen) atoms. The number of hydrogen-bond donors (Lipinski definition) is 2. The van der Waals surface area contributed by atoms with Gasteiger partial charge in [0, 0.05) is 24.0 Å². The summed E-state index contributed by atoms with van der Waals surface area (Å²) in [5, 5.41) is 8.70. The Morgan fingerprint density at radius 3 is 2.46 bits per heavy atom. The summed E-state index contributed by atoms with van der Waals surface area (Å²) in [6, 6.07) is 16.2. The minimum Gasteiger partial charge on any atom is -0.308 e. The summed E-state index contributed by atoms with van der Waals surface area (Å²) < 4.78 is 14.8. The lowest BCUT2D eigenvalue weighted by atomic mass is 10.1. The highest BCUT2D eigenvalue weighted by molar-refractivity contribution is 5.80. The number of aryl methyl sites for hydroxylation is 2. The molecule has 0 fully saturated rings. The number of aromatic nitrogens is 3. The van der Waals surface area contributed by atoms with E-state index in [0.29, 0.717) is 30.0 Å². The molecule has 0 atom stereocenters. The van der Waals surface area contributed by atoms with Crippen LogP contribution in [0.15, 0.2) is 59.4 Å². The molecule has 4 rings (SSSR count). The Kier molecular flexibility index (Phi) is 4.79. The van der Waals surface area contributed by atoms with Gasteiger partial charge >= 0.3 is 0 Å². The molecule has 0 unspecified atom stereocenters. The summed E-state index contributed by atoms with van der Waals surface area (Å²) in [6.07, 6.45) is 0. The molecule has 0 bridgehead atoms. The molecule has 2 aromatic carbocycles. The van der Waals surface area contributed by atoms with Crippen LogP contribution >= 0.6 is 0 Å². The Morgan fingerprint density at radius 1 is 1.04 bits per heavy atom. The van der Waals surface area contributed by atoms with Gasteiger partial charge in [0.1, 0.15) is 11.5 Å². The normalized spacial score (nSPS) is 11.2. The van der Waals surface area contributed by atoms with Crippen LogP contribution in [0.4, 0.5) is 4.39 Å². The SMILES string of the molecule is Cc1ccc(CNCc2cc3c(C)nn(-c4ccc(F)cc4)c3[nH]c2=O)cc1. The predicted octanol–water partition coefficient (Wildman–Crippen LogP) is 3.76. The van der Waals surface area contributed by atoms with Crippen LogP contribution in [0.25, 0.3) is 16.7 Å². The first kappa shape index (κ1) is 18.1. The Balaban J connectivity index is 1.60. The van der Waals surface area contributed by atoms with Crippen LogP contribution in [0.1, 0.15) is 22.4 Å². The molecule has 142 valence electrons. The van der Waals surface area contributed by atoms with Crippen molar-refractivity contribution in [2.75, 3.05) is 0 Å². The lowest BCUT2D eigenvalue weighted by molar-refractivity contribution is 0.627. The number of nitrogens with one attached hydrogen (secondary N) is 2. The van der Waals surface area contributed by atoms with Crippen LogP contribution in [-0.2, 0) is 13.1 Å². The first-order valence-corrected chi connectivity index (χ1v) is 9.15. The standard InChI is InChI=1S/C22H21FN4O/c1-14-3-5-16(6-4-14)12-24-13-17-11-20-15(2)26-27(21(20)25-22(17)28)19-9-7-18(23)8-10-19/h3-11,24H,12-13H2,1-2H3,(H,25,28). The van der Waals surface area contributed by atoms with Crippen LogP contribution in [0.5, 0.6) is 0 Å². The lowest BCUT2D eigenvalue weighted by Crippen LogP contribution is -2.21. The van der Waals surface area contributed by atoms with Crippen molar-refractivity contribution >= 4 is 11.0 Å². The second-order valence-corrected chi connectivity index (χ2v) is 6.95. The largest absolute Gasteiger partial charge is 0.308 e. The zero-order valence-corrected chi connectivity index (χ0v) is 15.8. The van der Waals surface area contributed by atoms with Crippen molar-refractivity contribution < 1.29 is 4.39 Å². The molecule has 2 N–H and O–H groups in total. The molecule has 0 aliphatic rings. The molecule has 5 nitrogen and oxygen atoms in total. The van der Waals surface area contributed by atoms with Crippen molar-refractivity contribution in [1.29, 1.82) is 0 Å². The summed E-state index contributed by atoms with van der Waals surface area (Å²) >= 11 is 0. The summed E-state index contributed by atoms with van der Waals surface area (Å²) in [7, 11) is 0. The monoisotopic (exact) mass is 376 g/mol. The van der Waals surface area contributed by atoms with Gasteiger partial charge in [0.25, 0.3) is 5.56 Å². The maximum absolute atomic E-state index is 13.2. The number of pyridine rings is 1. The molecule has 0 amide bonds. The molecular formula is C22H21FN4O. The molecule has 0 radical (unpaired) electrons. The number of rotatable bonds is 5. The average Bonchev–Trinajstić information content (AvgIpc) is 3.00. The highest BCUT2D eigenvalue weighted by atomic mass is 19.1. The zero-order chi connectivity index (χ0) is 19.7. The lowest BCUT2D eigenvalue weighted by Gasteiger charge is -2.07. The van der Waals surface area contributed by atoms with Crippen LogP contribution in [0.2, 0.25) is 0 Å². The summed E-state index contributed by atoms with van der Waals surface area (Å²) in [6.45, 7) is 5.09. The summed E-state index contributed by atoms with van der Waals surface area (Å²) in [4.78, 5) is 15.5. The Morgan fingerprint density at radius 2 is 1.75 bits per heavy atom. The van der Waals surface area contributed by atoms with Crippen LogP contribution in [-0.4, -0.2) is 14.8 Å². The summed E-state index contributed by atoms with van der Waals surface area (Å²) in [5.74, 6) is -0.313. The van der Waals surface area contributed by atoms with Gasteiger partial charge in [0.15, 0.2) is 0 Å². The van der Waals surface area contributed by atoms with Crippen molar-refractivity contribution in [1.82, 2.24) is 20.1 Å². The maximum Gasteiger partial charge on any atom is 0.254 e. The molecule has 2 aromatic heterocycles. The summed E-state index contributed by atoms with van der Waals surface area (Å²) in [5.41, 5.74) is 4.99. The molecule has 0 spiro atoms. The minimum absolute atomic E-state index is 0.160. The van der Waals surface area contributed by atoms with Crippen molar-refractivity contribution in [3.8, 4) is 5.69 Å². The third kappa shape index (κ3) is 3.59. The third-order valence-electron chi connectivity index (χ3n) is 4.79. The Bertz CT molecular complexity index is 1170. The predicted molar refractivity (Wildman–Crippen MR) is 108 cm³/mol.